The van der Waals surface area contributed by atoms with E-state index in [1.54, 1.807) is 0 Å². The first-order valence-electron chi connectivity index (χ1n) is 10.2. The number of benzene rings is 2. The molecule has 0 bridgehead atoms. The fourth-order valence-corrected chi connectivity index (χ4v) is 4.77. The Balaban J connectivity index is 1.09. The largest absolute Gasteiger partial charge is 0.486 e. The lowest BCUT2D eigenvalue weighted by Crippen LogP contribution is -2.53. The highest BCUT2D eigenvalue weighted by Gasteiger charge is 2.28. The second kappa shape index (κ2) is 8.94. The molecule has 3 aliphatic rings. The Labute approximate surface area is 193 Å². The molecule has 1 saturated heterocycles. The van der Waals surface area contributed by atoms with Crippen molar-refractivity contribution < 1.29 is 18.9 Å². The predicted molar refractivity (Wildman–Crippen MR) is 121 cm³/mol. The van der Waals surface area contributed by atoms with Gasteiger partial charge in [0.1, 0.15) is 25.4 Å². The quantitative estimate of drug-likeness (QED) is 0.588. The van der Waals surface area contributed by atoms with Crippen LogP contribution in [0, 0.1) is 0 Å². The first-order chi connectivity index (χ1) is 14.6. The third-order valence-electron chi connectivity index (χ3n) is 5.64. The molecule has 30 heavy (non-hydrogen) atoms. The Morgan fingerprint density at radius 1 is 0.667 bits per heavy atom. The maximum absolute atomic E-state index is 6.16. The summed E-state index contributed by atoms with van der Waals surface area (Å²) in [6.07, 6.45) is 0.117. The normalized spacial score (nSPS) is 23.9. The van der Waals surface area contributed by atoms with Crippen molar-refractivity contribution in [3.8, 4) is 23.0 Å². The lowest BCUT2D eigenvalue weighted by Gasteiger charge is -2.39. The van der Waals surface area contributed by atoms with Gasteiger partial charge in [-0.2, -0.15) is 0 Å². The fraction of sp³-hybridized carbons (Fsp3) is 0.455. The number of rotatable bonds is 4. The number of ether oxygens (including phenoxy) is 4. The molecule has 2 atom stereocenters. The van der Waals surface area contributed by atoms with Gasteiger partial charge in [-0.25, -0.2) is 0 Å². The summed E-state index contributed by atoms with van der Waals surface area (Å²) < 4.78 is 26.1. The number of hydrogen-bond donors (Lipinski definition) is 0. The molecular formula is C22H24Br2N2O4. The highest BCUT2D eigenvalue weighted by molar-refractivity contribution is 9.10. The van der Waals surface area contributed by atoms with Crippen LogP contribution in [0.5, 0.6) is 23.0 Å². The van der Waals surface area contributed by atoms with Crippen LogP contribution in [0.1, 0.15) is 0 Å². The van der Waals surface area contributed by atoms with Crippen molar-refractivity contribution in [2.24, 2.45) is 0 Å². The summed E-state index contributed by atoms with van der Waals surface area (Å²) in [7, 11) is 0. The van der Waals surface area contributed by atoms with Crippen molar-refractivity contribution in [1.82, 2.24) is 9.80 Å². The summed E-state index contributed by atoms with van der Waals surface area (Å²) in [5, 5.41) is 0. The Hall–Kier alpha value is -1.48. The van der Waals surface area contributed by atoms with Crippen LogP contribution >= 0.6 is 31.9 Å². The summed E-state index contributed by atoms with van der Waals surface area (Å²) in [5.74, 6) is 3.28. The monoisotopic (exact) mass is 538 g/mol. The zero-order valence-corrected chi connectivity index (χ0v) is 19.7. The highest BCUT2D eigenvalue weighted by atomic mass is 79.9. The van der Waals surface area contributed by atoms with E-state index < -0.39 is 0 Å². The van der Waals surface area contributed by atoms with E-state index in [4.69, 9.17) is 18.9 Å². The molecule has 3 heterocycles. The van der Waals surface area contributed by atoms with Crippen LogP contribution in [0.4, 0.5) is 0 Å². The third-order valence-corrected chi connectivity index (χ3v) is 6.62. The molecule has 0 spiro atoms. The van der Waals surface area contributed by atoms with Gasteiger partial charge in [-0.1, -0.05) is 31.9 Å². The Morgan fingerprint density at radius 2 is 1.10 bits per heavy atom. The van der Waals surface area contributed by atoms with Gasteiger partial charge in [-0.3, -0.25) is 9.80 Å². The van der Waals surface area contributed by atoms with Gasteiger partial charge in [0.2, 0.25) is 0 Å². The van der Waals surface area contributed by atoms with Crippen molar-refractivity contribution >= 4 is 31.9 Å². The van der Waals surface area contributed by atoms with Gasteiger partial charge in [0, 0.05) is 48.2 Å². The number of hydrogen-bond acceptors (Lipinski definition) is 6. The van der Waals surface area contributed by atoms with Crippen LogP contribution in [0.3, 0.4) is 0 Å². The van der Waals surface area contributed by atoms with Crippen molar-refractivity contribution in [3.05, 3.63) is 45.3 Å². The zero-order valence-electron chi connectivity index (χ0n) is 16.6. The second-order valence-corrected chi connectivity index (χ2v) is 9.72. The summed E-state index contributed by atoms with van der Waals surface area (Å²) in [6.45, 7) is 7.01. The molecule has 0 aromatic heterocycles. The minimum Gasteiger partial charge on any atom is -0.486 e. The van der Waals surface area contributed by atoms with Gasteiger partial charge in [-0.15, -0.1) is 0 Å². The molecule has 8 heteroatoms. The van der Waals surface area contributed by atoms with E-state index in [1.807, 2.05) is 36.4 Å². The molecule has 160 valence electrons. The maximum Gasteiger partial charge on any atom is 0.162 e. The molecule has 0 aliphatic carbocycles. The molecule has 2 aromatic rings. The molecule has 5 rings (SSSR count). The first kappa shape index (κ1) is 20.4. The van der Waals surface area contributed by atoms with Crippen molar-refractivity contribution in [2.75, 3.05) is 52.5 Å². The summed E-state index contributed by atoms with van der Waals surface area (Å²) in [4.78, 5) is 4.91. The average Bonchev–Trinajstić information content (AvgIpc) is 2.74. The van der Waals surface area contributed by atoms with Crippen LogP contribution in [0.25, 0.3) is 0 Å². The van der Waals surface area contributed by atoms with Gasteiger partial charge < -0.3 is 18.9 Å². The van der Waals surface area contributed by atoms with Gasteiger partial charge in [-0.05, 0) is 36.4 Å². The second-order valence-electron chi connectivity index (χ2n) is 7.89. The number of halogens is 2. The van der Waals surface area contributed by atoms with Crippen molar-refractivity contribution in [1.29, 1.82) is 0 Å². The van der Waals surface area contributed by atoms with E-state index >= 15 is 0 Å². The van der Waals surface area contributed by atoms with Crippen molar-refractivity contribution in [2.45, 2.75) is 12.2 Å². The summed E-state index contributed by atoms with van der Waals surface area (Å²) in [6, 6.07) is 11.8. The van der Waals surface area contributed by atoms with Gasteiger partial charge in [0.25, 0.3) is 0 Å². The molecule has 0 saturated carbocycles. The maximum atomic E-state index is 6.16. The van der Waals surface area contributed by atoms with Crippen LogP contribution in [-0.2, 0) is 0 Å². The lowest BCUT2D eigenvalue weighted by atomic mass is 10.2. The van der Waals surface area contributed by atoms with Gasteiger partial charge >= 0.3 is 0 Å². The Bertz CT molecular complexity index is 831. The van der Waals surface area contributed by atoms with Gasteiger partial charge in [0.15, 0.2) is 23.0 Å². The fourth-order valence-electron chi connectivity index (χ4n) is 4.09. The molecular weight excluding hydrogens is 516 g/mol. The predicted octanol–water partition coefficient (Wildman–Crippen LogP) is 3.81. The standard InChI is InChI=1S/C22H24Br2N2O4/c23-15-1-3-19-21(9-15)29-17(13-27-19)11-25-5-7-26(8-6-25)12-18-14-28-20-4-2-16(24)10-22(20)30-18/h1-4,9-10,17-18H,5-8,11-14H2/t17-,18+. The van der Waals surface area contributed by atoms with Crippen LogP contribution < -0.4 is 18.9 Å². The minimum absolute atomic E-state index is 0.0587. The van der Waals surface area contributed by atoms with E-state index in [2.05, 4.69) is 41.7 Å². The number of nitrogens with zero attached hydrogens (tertiary/aromatic N) is 2. The highest BCUT2D eigenvalue weighted by Crippen LogP contribution is 2.35. The number of fused-ring (bicyclic) bond motifs is 2. The topological polar surface area (TPSA) is 43.4 Å². The van der Waals surface area contributed by atoms with Gasteiger partial charge in [0.05, 0.1) is 0 Å². The third kappa shape index (κ3) is 4.72. The van der Waals surface area contributed by atoms with Crippen LogP contribution in [0.15, 0.2) is 45.3 Å². The SMILES string of the molecule is Brc1ccc2c(c1)O[C@@H](CN1CCN(C[C@@H]3COc4ccc(Br)cc4O3)CC1)CO2. The Kier molecular flexibility index (Phi) is 6.09. The minimum atomic E-state index is 0.0587. The smallest absolute Gasteiger partial charge is 0.162 e. The first-order valence-corrected chi connectivity index (χ1v) is 11.8. The molecule has 0 N–H and O–H groups in total. The average molecular weight is 540 g/mol. The summed E-state index contributed by atoms with van der Waals surface area (Å²) >= 11 is 6.99. The van der Waals surface area contributed by atoms with Crippen LogP contribution in [0.2, 0.25) is 0 Å². The van der Waals surface area contributed by atoms with Crippen LogP contribution in [-0.4, -0.2) is 74.5 Å². The number of piperazine rings is 1. The van der Waals surface area contributed by atoms with E-state index in [9.17, 15) is 0 Å². The molecule has 6 nitrogen and oxygen atoms in total. The molecule has 0 unspecified atom stereocenters. The van der Waals surface area contributed by atoms with E-state index in [0.29, 0.717) is 13.2 Å². The lowest BCUT2D eigenvalue weighted by molar-refractivity contribution is 0.0200. The summed E-state index contributed by atoms with van der Waals surface area (Å²) in [5.41, 5.74) is 0. The zero-order chi connectivity index (χ0) is 20.5. The van der Waals surface area contributed by atoms with E-state index in [1.165, 1.54) is 0 Å². The molecule has 2 aromatic carbocycles. The van der Waals surface area contributed by atoms with E-state index in [0.717, 1.165) is 71.2 Å². The molecule has 3 aliphatic heterocycles. The van der Waals surface area contributed by atoms with E-state index in [-0.39, 0.29) is 12.2 Å². The molecule has 1 fully saturated rings. The molecule has 0 amide bonds. The Morgan fingerprint density at radius 3 is 1.53 bits per heavy atom. The van der Waals surface area contributed by atoms with Crippen molar-refractivity contribution in [3.63, 3.8) is 0 Å². The molecule has 0 radical (unpaired) electrons.